The van der Waals surface area contributed by atoms with Gasteiger partial charge in [0, 0.05) is 5.56 Å². The zero-order valence-electron chi connectivity index (χ0n) is 13.7. The van der Waals surface area contributed by atoms with Crippen molar-refractivity contribution in [1.29, 1.82) is 5.26 Å². The summed E-state index contributed by atoms with van der Waals surface area (Å²) < 4.78 is 40.3. The predicted octanol–water partition coefficient (Wildman–Crippen LogP) is 5.68. The Morgan fingerprint density at radius 1 is 1.19 bits per heavy atom. The first-order chi connectivity index (χ1) is 12.9. The molecule has 0 radical (unpaired) electrons. The Morgan fingerprint density at radius 3 is 2.52 bits per heavy atom. The molecule has 3 rings (SSSR count). The Labute approximate surface area is 161 Å². The number of rotatable bonds is 5. The summed E-state index contributed by atoms with van der Waals surface area (Å²) in [6.07, 6.45) is -4.70. The minimum Gasteiger partial charge on any atom is -0.293 e. The molecule has 1 aromatic carbocycles. The van der Waals surface area contributed by atoms with Crippen LogP contribution in [0.2, 0.25) is 0 Å². The van der Waals surface area contributed by atoms with Crippen molar-refractivity contribution in [3.05, 3.63) is 70.6 Å². The van der Waals surface area contributed by atoms with Gasteiger partial charge in [0.2, 0.25) is 0 Å². The number of thioether (sulfide) groups is 1. The van der Waals surface area contributed by atoms with Crippen molar-refractivity contribution in [2.24, 2.45) is 0 Å². The molecule has 3 aromatic rings. The van der Waals surface area contributed by atoms with Gasteiger partial charge in [-0.2, -0.15) is 18.4 Å². The van der Waals surface area contributed by atoms with Crippen molar-refractivity contribution in [1.82, 2.24) is 4.98 Å². The number of hydrogen-bond donors (Lipinski definition) is 0. The number of nitriles is 1. The molecule has 0 spiro atoms. The van der Waals surface area contributed by atoms with Gasteiger partial charge in [0.05, 0.1) is 27.5 Å². The molecule has 3 nitrogen and oxygen atoms in total. The molecule has 0 aliphatic carbocycles. The van der Waals surface area contributed by atoms with Crippen LogP contribution in [-0.2, 0) is 6.18 Å². The molecule has 27 heavy (non-hydrogen) atoms. The third-order valence-electron chi connectivity index (χ3n) is 3.61. The number of ketones is 1. The van der Waals surface area contributed by atoms with Gasteiger partial charge < -0.3 is 0 Å². The normalized spacial score (nSPS) is 11.2. The number of carbonyl (C=O) groups excluding carboxylic acids is 1. The van der Waals surface area contributed by atoms with Gasteiger partial charge in [-0.15, -0.1) is 11.3 Å². The third kappa shape index (κ3) is 4.38. The van der Waals surface area contributed by atoms with Crippen molar-refractivity contribution in [3.63, 3.8) is 0 Å². The lowest BCUT2D eigenvalue weighted by Crippen LogP contribution is -2.11. The molecular weight excluding hydrogens is 393 g/mol. The first kappa shape index (κ1) is 19.1. The Kier molecular flexibility index (Phi) is 5.63. The summed E-state index contributed by atoms with van der Waals surface area (Å²) in [5.74, 6) is -0.363. The summed E-state index contributed by atoms with van der Waals surface area (Å²) in [6.45, 7) is 0. The highest BCUT2D eigenvalue weighted by atomic mass is 32.2. The molecule has 2 heterocycles. The van der Waals surface area contributed by atoms with E-state index in [1.165, 1.54) is 11.3 Å². The van der Waals surface area contributed by atoms with E-state index in [2.05, 4.69) is 4.98 Å². The Morgan fingerprint density at radius 2 is 1.93 bits per heavy atom. The molecule has 0 atom stereocenters. The second-order valence-corrected chi connectivity index (χ2v) is 7.31. The average molecular weight is 404 g/mol. The quantitative estimate of drug-likeness (QED) is 0.406. The molecule has 0 saturated carbocycles. The van der Waals surface area contributed by atoms with E-state index >= 15 is 0 Å². The molecule has 0 saturated heterocycles. The fourth-order valence-electron chi connectivity index (χ4n) is 2.35. The number of Topliss-reactive ketones (excluding diaryl/α,β-unsaturated/α-hetero) is 1. The summed E-state index contributed by atoms with van der Waals surface area (Å²) in [6, 6.07) is 14.3. The summed E-state index contributed by atoms with van der Waals surface area (Å²) in [5.41, 5.74) is -1.02. The van der Waals surface area contributed by atoms with Gasteiger partial charge in [0.15, 0.2) is 5.78 Å². The number of pyridine rings is 1. The van der Waals surface area contributed by atoms with Crippen LogP contribution in [0.15, 0.2) is 58.9 Å². The van der Waals surface area contributed by atoms with Gasteiger partial charge in [-0.25, -0.2) is 4.98 Å². The first-order valence-corrected chi connectivity index (χ1v) is 9.54. The highest BCUT2D eigenvalue weighted by Gasteiger charge is 2.36. The fraction of sp³-hybridized carbons (Fsp3) is 0.105. The Hall–Kier alpha value is -2.63. The summed E-state index contributed by atoms with van der Waals surface area (Å²) in [4.78, 5) is 17.0. The van der Waals surface area contributed by atoms with Gasteiger partial charge in [-0.1, -0.05) is 48.2 Å². The Balaban J connectivity index is 1.99. The molecule has 136 valence electrons. The molecule has 0 fully saturated rings. The smallest absolute Gasteiger partial charge is 0.293 e. The molecule has 0 aliphatic heterocycles. The first-order valence-electron chi connectivity index (χ1n) is 7.67. The number of alkyl halides is 3. The maximum Gasteiger partial charge on any atom is 0.417 e. The Bertz CT molecular complexity index is 994. The van der Waals surface area contributed by atoms with Crippen LogP contribution in [0.3, 0.4) is 0 Å². The number of nitrogens with zero attached hydrogens (tertiary/aromatic N) is 2. The number of carbonyl (C=O) groups is 1. The summed E-state index contributed by atoms with van der Waals surface area (Å²) in [7, 11) is 0. The van der Waals surface area contributed by atoms with E-state index in [0.717, 1.165) is 17.8 Å². The number of aromatic nitrogens is 1. The van der Waals surface area contributed by atoms with Crippen LogP contribution in [-0.4, -0.2) is 16.5 Å². The van der Waals surface area contributed by atoms with Gasteiger partial charge in [-0.3, -0.25) is 4.79 Å². The van der Waals surface area contributed by atoms with Crippen molar-refractivity contribution in [3.8, 4) is 16.6 Å². The van der Waals surface area contributed by atoms with Crippen molar-refractivity contribution in [2.75, 3.05) is 5.75 Å². The van der Waals surface area contributed by atoms with E-state index in [1.54, 1.807) is 53.9 Å². The van der Waals surface area contributed by atoms with Gasteiger partial charge in [0.25, 0.3) is 0 Å². The molecule has 2 aromatic heterocycles. The van der Waals surface area contributed by atoms with Gasteiger partial charge in [-0.05, 0) is 17.5 Å². The summed E-state index contributed by atoms with van der Waals surface area (Å²) >= 11 is 2.09. The van der Waals surface area contributed by atoms with Crippen molar-refractivity contribution < 1.29 is 18.0 Å². The van der Waals surface area contributed by atoms with Crippen LogP contribution in [0.5, 0.6) is 0 Å². The van der Waals surface area contributed by atoms with E-state index in [9.17, 15) is 23.2 Å². The molecule has 0 unspecified atom stereocenters. The van der Waals surface area contributed by atoms with E-state index < -0.39 is 17.3 Å². The molecule has 0 aliphatic rings. The standard InChI is InChI=1S/C19H11F3N2OS2/c20-19(21,22)14-9-15(17-7-4-8-26-17)24-18(13(14)10-23)27-11-16(25)12-5-2-1-3-6-12/h1-9H,11H2. The second-order valence-electron chi connectivity index (χ2n) is 5.40. The van der Waals surface area contributed by atoms with Crippen LogP contribution in [0.1, 0.15) is 21.5 Å². The monoisotopic (exact) mass is 404 g/mol. The average Bonchev–Trinajstić information content (AvgIpc) is 3.20. The molecule has 8 heteroatoms. The predicted molar refractivity (Wildman–Crippen MR) is 98.8 cm³/mol. The largest absolute Gasteiger partial charge is 0.417 e. The van der Waals surface area contributed by atoms with Crippen LogP contribution >= 0.6 is 23.1 Å². The summed E-state index contributed by atoms with van der Waals surface area (Å²) in [5, 5.41) is 10.9. The van der Waals surface area contributed by atoms with Crippen LogP contribution in [0.4, 0.5) is 13.2 Å². The van der Waals surface area contributed by atoms with Gasteiger partial charge in [0.1, 0.15) is 11.1 Å². The van der Waals surface area contributed by atoms with Crippen LogP contribution < -0.4 is 0 Å². The zero-order chi connectivity index (χ0) is 19.4. The minimum absolute atomic E-state index is 0.0972. The van der Waals surface area contributed by atoms with E-state index in [-0.39, 0.29) is 22.3 Å². The number of hydrogen-bond acceptors (Lipinski definition) is 5. The zero-order valence-corrected chi connectivity index (χ0v) is 15.3. The SMILES string of the molecule is N#Cc1c(C(F)(F)F)cc(-c2cccs2)nc1SCC(=O)c1ccccc1. The van der Waals surface area contributed by atoms with E-state index in [1.807, 2.05) is 0 Å². The highest BCUT2D eigenvalue weighted by molar-refractivity contribution is 8.00. The van der Waals surface area contributed by atoms with Crippen molar-refractivity contribution >= 4 is 28.9 Å². The molecule has 0 N–H and O–H groups in total. The van der Waals surface area contributed by atoms with Crippen LogP contribution in [0, 0.1) is 11.3 Å². The molecule has 0 bridgehead atoms. The third-order valence-corrected chi connectivity index (χ3v) is 5.48. The molecular formula is C19H11F3N2OS2. The lowest BCUT2D eigenvalue weighted by Gasteiger charge is -2.13. The van der Waals surface area contributed by atoms with E-state index in [0.29, 0.717) is 10.4 Å². The van der Waals surface area contributed by atoms with Gasteiger partial charge >= 0.3 is 6.18 Å². The minimum atomic E-state index is -4.70. The number of thiophene rings is 1. The lowest BCUT2D eigenvalue weighted by atomic mass is 10.1. The number of halogens is 3. The highest BCUT2D eigenvalue weighted by Crippen LogP contribution is 2.38. The maximum absolute atomic E-state index is 13.4. The van der Waals surface area contributed by atoms with Crippen molar-refractivity contribution in [2.45, 2.75) is 11.2 Å². The molecule has 0 amide bonds. The number of benzene rings is 1. The van der Waals surface area contributed by atoms with E-state index in [4.69, 9.17) is 0 Å². The van der Waals surface area contributed by atoms with Crippen LogP contribution in [0.25, 0.3) is 10.6 Å². The lowest BCUT2D eigenvalue weighted by molar-refractivity contribution is -0.138. The maximum atomic E-state index is 13.4. The second kappa shape index (κ2) is 7.94. The topological polar surface area (TPSA) is 53.8 Å². The fourth-order valence-corrected chi connectivity index (χ4v) is 3.93.